The summed E-state index contributed by atoms with van der Waals surface area (Å²) >= 11 is 0. The zero-order valence-electron chi connectivity index (χ0n) is 4.86. The molecule has 1 heteroatoms. The summed E-state index contributed by atoms with van der Waals surface area (Å²) in [4.78, 5) is 0. The van der Waals surface area contributed by atoms with E-state index in [0.29, 0.717) is 0 Å². The van der Waals surface area contributed by atoms with Gasteiger partial charge in [0.25, 0.3) is 0 Å². The summed E-state index contributed by atoms with van der Waals surface area (Å²) in [5, 5.41) is 0. The van der Waals surface area contributed by atoms with Crippen LogP contribution in [0.15, 0.2) is 23.1 Å². The Balaban J connectivity index is 2.61. The van der Waals surface area contributed by atoms with Crippen LogP contribution in [0.3, 0.4) is 0 Å². The maximum absolute atomic E-state index is 2.18. The molecule has 0 amide bonds. The molecule has 0 saturated heterocycles. The van der Waals surface area contributed by atoms with Gasteiger partial charge in [-0.2, -0.15) is 0 Å². The van der Waals surface area contributed by atoms with Gasteiger partial charge in [0.15, 0.2) is 7.28 Å². The highest BCUT2D eigenvalue weighted by Crippen LogP contribution is 2.06. The van der Waals surface area contributed by atoms with Crippen LogP contribution in [0.1, 0.15) is 13.8 Å². The molecule has 1 aliphatic heterocycles. The molecule has 0 unspecified atom stereocenters. The topological polar surface area (TPSA) is 0 Å². The molecule has 0 aromatic rings. The standard InChI is InChI=1S/C6H9B/c1-5-3-4-6(2)7-5/h3-4,7H,1-2H3. The highest BCUT2D eigenvalue weighted by molar-refractivity contribution is 6.54. The van der Waals surface area contributed by atoms with E-state index in [2.05, 4.69) is 26.0 Å². The molecule has 0 aliphatic carbocycles. The van der Waals surface area contributed by atoms with Crippen LogP contribution >= 0.6 is 0 Å². The fourth-order valence-electron chi connectivity index (χ4n) is 0.842. The normalized spacial score (nSPS) is 18.0. The van der Waals surface area contributed by atoms with Crippen molar-refractivity contribution in [3.8, 4) is 0 Å². The summed E-state index contributed by atoms with van der Waals surface area (Å²) in [7, 11) is 1.19. The van der Waals surface area contributed by atoms with Crippen LogP contribution in [0.25, 0.3) is 0 Å². The van der Waals surface area contributed by atoms with Gasteiger partial charge in [-0.1, -0.05) is 26.0 Å². The van der Waals surface area contributed by atoms with Crippen molar-refractivity contribution in [2.75, 3.05) is 0 Å². The van der Waals surface area contributed by atoms with E-state index in [4.69, 9.17) is 0 Å². The quantitative estimate of drug-likeness (QED) is 0.394. The van der Waals surface area contributed by atoms with Crippen molar-refractivity contribution >= 4 is 7.28 Å². The molecule has 0 aromatic heterocycles. The first-order chi connectivity index (χ1) is 3.29. The highest BCUT2D eigenvalue weighted by atomic mass is 13.8. The summed E-state index contributed by atoms with van der Waals surface area (Å²) in [6.45, 7) is 4.32. The summed E-state index contributed by atoms with van der Waals surface area (Å²) in [6, 6.07) is 0. The monoisotopic (exact) mass is 92.1 g/mol. The van der Waals surface area contributed by atoms with Gasteiger partial charge < -0.3 is 0 Å². The van der Waals surface area contributed by atoms with Crippen molar-refractivity contribution in [2.45, 2.75) is 13.8 Å². The third kappa shape index (κ3) is 0.954. The third-order valence-corrected chi connectivity index (χ3v) is 1.21. The smallest absolute Gasteiger partial charge is 0.103 e. The van der Waals surface area contributed by atoms with Gasteiger partial charge in [0.05, 0.1) is 0 Å². The van der Waals surface area contributed by atoms with Gasteiger partial charge in [0.1, 0.15) is 0 Å². The molecule has 1 aliphatic rings. The van der Waals surface area contributed by atoms with Crippen LogP contribution in [-0.2, 0) is 0 Å². The first kappa shape index (κ1) is 4.70. The Hall–Kier alpha value is -0.455. The predicted molar refractivity (Wildman–Crippen MR) is 34.7 cm³/mol. The van der Waals surface area contributed by atoms with Crippen LogP contribution < -0.4 is 0 Å². The average molecular weight is 92.0 g/mol. The van der Waals surface area contributed by atoms with Crippen LogP contribution in [0.4, 0.5) is 0 Å². The lowest BCUT2D eigenvalue weighted by atomic mass is 9.68. The molecule has 36 valence electrons. The van der Waals surface area contributed by atoms with Crippen LogP contribution in [0, 0.1) is 0 Å². The number of hydrogen-bond acceptors (Lipinski definition) is 0. The molecule has 0 nitrogen and oxygen atoms in total. The zero-order chi connectivity index (χ0) is 5.28. The Morgan fingerprint density at radius 2 is 1.57 bits per heavy atom. The molecular weight excluding hydrogens is 82.9 g/mol. The minimum absolute atomic E-state index is 1.19. The van der Waals surface area contributed by atoms with Gasteiger partial charge in [-0.05, 0) is 0 Å². The summed E-state index contributed by atoms with van der Waals surface area (Å²) < 4.78 is 0. The largest absolute Gasteiger partial charge is 0.181 e. The lowest BCUT2D eigenvalue weighted by Gasteiger charge is -1.84. The summed E-state index contributed by atoms with van der Waals surface area (Å²) in [5.74, 6) is 0. The Morgan fingerprint density at radius 1 is 1.14 bits per heavy atom. The van der Waals surface area contributed by atoms with Crippen LogP contribution in [0.2, 0.25) is 0 Å². The van der Waals surface area contributed by atoms with E-state index in [1.807, 2.05) is 0 Å². The Morgan fingerprint density at radius 3 is 1.71 bits per heavy atom. The van der Waals surface area contributed by atoms with Crippen molar-refractivity contribution < 1.29 is 0 Å². The first-order valence-corrected chi connectivity index (χ1v) is 2.62. The number of hydrogen-bond donors (Lipinski definition) is 0. The van der Waals surface area contributed by atoms with Gasteiger partial charge in [-0.3, -0.25) is 0 Å². The highest BCUT2D eigenvalue weighted by Gasteiger charge is 1.98. The van der Waals surface area contributed by atoms with E-state index in [0.717, 1.165) is 0 Å². The molecule has 1 rings (SSSR count). The molecule has 0 bridgehead atoms. The van der Waals surface area contributed by atoms with Gasteiger partial charge in [0.2, 0.25) is 0 Å². The van der Waals surface area contributed by atoms with E-state index in [1.54, 1.807) is 0 Å². The second kappa shape index (κ2) is 1.57. The predicted octanol–water partition coefficient (Wildman–Crippen LogP) is 1.24. The molecule has 0 radical (unpaired) electrons. The van der Waals surface area contributed by atoms with Crippen molar-refractivity contribution in [3.63, 3.8) is 0 Å². The fourth-order valence-corrected chi connectivity index (χ4v) is 0.842. The molecule has 1 heterocycles. The van der Waals surface area contributed by atoms with E-state index < -0.39 is 0 Å². The molecule has 0 spiro atoms. The van der Waals surface area contributed by atoms with Gasteiger partial charge >= 0.3 is 0 Å². The number of allylic oxidation sites excluding steroid dienone is 4. The van der Waals surface area contributed by atoms with Gasteiger partial charge in [-0.15, -0.1) is 10.9 Å². The molecule has 0 aromatic carbocycles. The molecule has 0 fully saturated rings. The maximum atomic E-state index is 2.18. The van der Waals surface area contributed by atoms with Crippen molar-refractivity contribution in [3.05, 3.63) is 23.1 Å². The van der Waals surface area contributed by atoms with E-state index >= 15 is 0 Å². The van der Waals surface area contributed by atoms with E-state index in [1.165, 1.54) is 18.2 Å². The van der Waals surface area contributed by atoms with Gasteiger partial charge in [-0.25, -0.2) is 0 Å². The SMILES string of the molecule is CC1=CC=C(C)B1. The lowest BCUT2D eigenvalue weighted by molar-refractivity contribution is 1.66. The van der Waals surface area contributed by atoms with E-state index in [9.17, 15) is 0 Å². The second-order valence-electron chi connectivity index (χ2n) is 2.20. The summed E-state index contributed by atoms with van der Waals surface area (Å²) in [5.41, 5.74) is 2.97. The lowest BCUT2D eigenvalue weighted by Crippen LogP contribution is -1.86. The van der Waals surface area contributed by atoms with Crippen molar-refractivity contribution in [1.82, 2.24) is 0 Å². The fraction of sp³-hybridized carbons (Fsp3) is 0.333. The molecule has 7 heavy (non-hydrogen) atoms. The van der Waals surface area contributed by atoms with Crippen molar-refractivity contribution in [1.29, 1.82) is 0 Å². The maximum Gasteiger partial charge on any atom is 0.181 e. The van der Waals surface area contributed by atoms with Crippen LogP contribution in [-0.4, -0.2) is 7.28 Å². The molecular formula is C6H9B. The average Bonchev–Trinajstić information content (AvgIpc) is 1.87. The minimum Gasteiger partial charge on any atom is -0.103 e. The van der Waals surface area contributed by atoms with E-state index in [-0.39, 0.29) is 0 Å². The molecule has 0 atom stereocenters. The Kier molecular flexibility index (Phi) is 1.05. The minimum atomic E-state index is 1.19. The molecule has 0 N–H and O–H groups in total. The van der Waals surface area contributed by atoms with Gasteiger partial charge in [0, 0.05) is 0 Å². The summed E-state index contributed by atoms with van der Waals surface area (Å²) in [6.07, 6.45) is 4.35. The zero-order valence-corrected chi connectivity index (χ0v) is 4.86. The number of rotatable bonds is 0. The Labute approximate surface area is 45.2 Å². The first-order valence-electron chi connectivity index (χ1n) is 2.62. The molecule has 0 saturated carbocycles. The second-order valence-corrected chi connectivity index (χ2v) is 2.20. The van der Waals surface area contributed by atoms with Crippen LogP contribution in [0.5, 0.6) is 0 Å². The Bertz CT molecular complexity index is 115. The van der Waals surface area contributed by atoms with Crippen molar-refractivity contribution in [2.24, 2.45) is 0 Å². The third-order valence-electron chi connectivity index (χ3n) is 1.21.